The van der Waals surface area contributed by atoms with E-state index in [0.29, 0.717) is 29.6 Å². The third-order valence-corrected chi connectivity index (χ3v) is 3.93. The van der Waals surface area contributed by atoms with Gasteiger partial charge >= 0.3 is 6.09 Å². The van der Waals surface area contributed by atoms with Gasteiger partial charge in [-0.15, -0.1) is 0 Å². The molecule has 1 atom stereocenters. The van der Waals surface area contributed by atoms with E-state index in [0.717, 1.165) is 12.1 Å². The monoisotopic (exact) mass is 379 g/mol. The number of hydrogen-bond acceptors (Lipinski definition) is 6. The molecule has 0 bridgehead atoms. The summed E-state index contributed by atoms with van der Waals surface area (Å²) < 4.78 is 16.3. The van der Waals surface area contributed by atoms with Crippen molar-refractivity contribution in [2.24, 2.45) is 4.99 Å². The molecule has 28 heavy (non-hydrogen) atoms. The predicted molar refractivity (Wildman–Crippen MR) is 105 cm³/mol. The Balaban J connectivity index is 1.79. The first-order valence-electron chi connectivity index (χ1n) is 8.95. The Bertz CT molecular complexity index is 907. The van der Waals surface area contributed by atoms with Crippen LogP contribution in [0.25, 0.3) is 0 Å². The summed E-state index contributed by atoms with van der Waals surface area (Å²) in [5.74, 6) is 1.25. The Morgan fingerprint density at radius 2 is 2.00 bits per heavy atom. The highest BCUT2D eigenvalue weighted by atomic mass is 16.6. The molecule has 0 saturated carbocycles. The van der Waals surface area contributed by atoms with Crippen LogP contribution in [0.1, 0.15) is 25.0 Å². The first-order valence-corrected chi connectivity index (χ1v) is 8.95. The summed E-state index contributed by atoms with van der Waals surface area (Å²) in [5.41, 5.74) is 1.20. The summed E-state index contributed by atoms with van der Waals surface area (Å²) in [7, 11) is 1.51. The van der Waals surface area contributed by atoms with Gasteiger partial charge in [0, 0.05) is 12.3 Å². The Hall–Kier alpha value is -3.48. The van der Waals surface area contributed by atoms with E-state index in [1.807, 2.05) is 25.1 Å². The van der Waals surface area contributed by atoms with Gasteiger partial charge in [-0.25, -0.2) is 4.79 Å². The molecule has 7 heteroatoms. The molecule has 0 aliphatic heterocycles. The maximum atomic E-state index is 12.2. The molecule has 2 aromatic rings. The third-order valence-electron chi connectivity index (χ3n) is 3.93. The second-order valence-electron chi connectivity index (χ2n) is 5.94. The summed E-state index contributed by atoms with van der Waals surface area (Å²) >= 11 is 0. The smallest absolute Gasteiger partial charge is 0.439 e. The van der Waals surface area contributed by atoms with E-state index in [2.05, 4.69) is 15.2 Å². The van der Waals surface area contributed by atoms with Crippen molar-refractivity contribution in [2.45, 2.75) is 19.3 Å². The normalized spacial score (nSPS) is 17.1. The predicted octanol–water partition coefficient (Wildman–Crippen LogP) is 4.09. The largest absolute Gasteiger partial charge is 0.497 e. The zero-order chi connectivity index (χ0) is 19.8. The van der Waals surface area contributed by atoms with E-state index >= 15 is 0 Å². The summed E-state index contributed by atoms with van der Waals surface area (Å²) in [6.45, 7) is 2.57. The van der Waals surface area contributed by atoms with Crippen molar-refractivity contribution in [3.8, 4) is 11.5 Å². The van der Waals surface area contributed by atoms with Crippen molar-refractivity contribution in [1.29, 1.82) is 0 Å². The topological polar surface area (TPSA) is 82.9 Å². The standard InChI is InChI=1S/C21H21N3O4/c1-3-13-27-20-14-15(10-11-16(20)17-7-6-12-22-24-17)23-21(25)28-19-9-5-4-8-18(19)26-2/h4-12,14,16H,3,13H2,1-2H3. The van der Waals surface area contributed by atoms with Crippen LogP contribution in [0, 0.1) is 0 Å². The Kier molecular flexibility index (Phi) is 6.51. The average Bonchev–Trinajstić information content (AvgIpc) is 2.73. The van der Waals surface area contributed by atoms with Gasteiger partial charge in [0.25, 0.3) is 0 Å². The van der Waals surface area contributed by atoms with E-state index in [-0.39, 0.29) is 5.92 Å². The van der Waals surface area contributed by atoms with Gasteiger partial charge in [0.05, 0.1) is 31.0 Å². The number of benzene rings is 1. The minimum Gasteiger partial charge on any atom is -0.497 e. The molecule has 0 fully saturated rings. The van der Waals surface area contributed by atoms with Crippen molar-refractivity contribution >= 4 is 11.8 Å². The number of aliphatic imine (C=N–C) groups is 1. The first kappa shape index (κ1) is 19.3. The number of para-hydroxylation sites is 2. The molecule has 1 amide bonds. The molecule has 0 spiro atoms. The number of allylic oxidation sites excluding steroid dienone is 3. The minimum atomic E-state index is -0.742. The number of methoxy groups -OCH3 is 1. The number of carbonyl (C=O) groups excluding carboxylic acids is 1. The highest BCUT2D eigenvalue weighted by Gasteiger charge is 2.21. The minimum absolute atomic E-state index is 0.176. The maximum absolute atomic E-state index is 12.2. The molecule has 0 saturated heterocycles. The molecule has 0 radical (unpaired) electrons. The Morgan fingerprint density at radius 3 is 2.71 bits per heavy atom. The second kappa shape index (κ2) is 9.45. The van der Waals surface area contributed by atoms with Crippen molar-refractivity contribution in [1.82, 2.24) is 10.2 Å². The molecule has 3 rings (SSSR count). The van der Waals surface area contributed by atoms with E-state index in [4.69, 9.17) is 14.2 Å². The lowest BCUT2D eigenvalue weighted by atomic mass is 9.96. The number of rotatable bonds is 6. The quantitative estimate of drug-likeness (QED) is 0.752. The zero-order valence-corrected chi connectivity index (χ0v) is 15.7. The van der Waals surface area contributed by atoms with Crippen LogP contribution in [0.3, 0.4) is 0 Å². The van der Waals surface area contributed by atoms with Crippen LogP contribution >= 0.6 is 0 Å². The number of hydrogen-bond donors (Lipinski definition) is 0. The van der Waals surface area contributed by atoms with Gasteiger partial charge < -0.3 is 14.2 Å². The van der Waals surface area contributed by atoms with Gasteiger partial charge in [0.15, 0.2) is 11.5 Å². The van der Waals surface area contributed by atoms with Crippen molar-refractivity contribution in [2.75, 3.05) is 13.7 Å². The molecule has 1 aromatic carbocycles. The van der Waals surface area contributed by atoms with Crippen LogP contribution in [0.5, 0.6) is 11.5 Å². The fraction of sp³-hybridized carbons (Fsp3) is 0.238. The first-order chi connectivity index (χ1) is 13.7. The molecule has 1 aromatic heterocycles. The molecule has 1 unspecified atom stereocenters. The SMILES string of the molecule is CCCOC1=CC(=NC(=O)Oc2ccccc2OC)C=CC1c1cccnn1. The number of ether oxygens (including phenoxy) is 3. The molecular weight excluding hydrogens is 358 g/mol. The van der Waals surface area contributed by atoms with Crippen molar-refractivity contribution < 1.29 is 19.0 Å². The van der Waals surface area contributed by atoms with Crippen molar-refractivity contribution in [3.63, 3.8) is 0 Å². The van der Waals surface area contributed by atoms with Gasteiger partial charge in [0.1, 0.15) is 5.76 Å². The van der Waals surface area contributed by atoms with Crippen LogP contribution < -0.4 is 9.47 Å². The summed E-state index contributed by atoms with van der Waals surface area (Å²) in [5, 5.41) is 8.08. The van der Waals surface area contributed by atoms with Gasteiger partial charge in [-0.05, 0) is 36.8 Å². The average molecular weight is 379 g/mol. The lowest BCUT2D eigenvalue weighted by Crippen LogP contribution is -2.14. The lowest BCUT2D eigenvalue weighted by Gasteiger charge is -2.20. The van der Waals surface area contributed by atoms with Gasteiger partial charge in [-0.2, -0.15) is 15.2 Å². The molecule has 1 aliphatic rings. The van der Waals surface area contributed by atoms with Crippen LogP contribution in [0.15, 0.2) is 71.6 Å². The Morgan fingerprint density at radius 1 is 1.18 bits per heavy atom. The molecule has 1 aliphatic carbocycles. The number of amides is 1. The van der Waals surface area contributed by atoms with Crippen LogP contribution in [-0.2, 0) is 4.74 Å². The Labute approximate surface area is 163 Å². The molecule has 0 N–H and O–H groups in total. The van der Waals surface area contributed by atoms with Crippen LogP contribution in [0.2, 0.25) is 0 Å². The van der Waals surface area contributed by atoms with Crippen LogP contribution in [0.4, 0.5) is 4.79 Å². The molecule has 144 valence electrons. The second-order valence-corrected chi connectivity index (χ2v) is 5.94. The maximum Gasteiger partial charge on any atom is 0.439 e. The number of aromatic nitrogens is 2. The van der Waals surface area contributed by atoms with E-state index in [1.165, 1.54) is 7.11 Å². The van der Waals surface area contributed by atoms with E-state index in [9.17, 15) is 4.79 Å². The van der Waals surface area contributed by atoms with Gasteiger partial charge in [-0.3, -0.25) is 0 Å². The molecule has 1 heterocycles. The highest BCUT2D eigenvalue weighted by molar-refractivity contribution is 6.09. The zero-order valence-electron chi connectivity index (χ0n) is 15.7. The van der Waals surface area contributed by atoms with Gasteiger partial charge in [0.2, 0.25) is 0 Å². The summed E-state index contributed by atoms with van der Waals surface area (Å²) in [4.78, 5) is 16.2. The van der Waals surface area contributed by atoms with E-state index in [1.54, 1.807) is 42.6 Å². The summed E-state index contributed by atoms with van der Waals surface area (Å²) in [6.07, 6.45) is 7.07. The fourth-order valence-electron chi connectivity index (χ4n) is 2.64. The lowest BCUT2D eigenvalue weighted by molar-refractivity contribution is 0.199. The van der Waals surface area contributed by atoms with Crippen molar-refractivity contribution in [3.05, 3.63) is 72.3 Å². The summed E-state index contributed by atoms with van der Waals surface area (Å²) in [6, 6.07) is 10.6. The van der Waals surface area contributed by atoms with Gasteiger partial charge in [-0.1, -0.05) is 25.1 Å². The fourth-order valence-corrected chi connectivity index (χ4v) is 2.64. The number of nitrogens with zero attached hydrogens (tertiary/aromatic N) is 3. The molecule has 7 nitrogen and oxygen atoms in total. The van der Waals surface area contributed by atoms with E-state index < -0.39 is 6.09 Å². The number of carbonyl (C=O) groups is 1. The molecular formula is C21H21N3O4. The van der Waals surface area contributed by atoms with Crippen LogP contribution in [-0.4, -0.2) is 35.7 Å². The highest BCUT2D eigenvalue weighted by Crippen LogP contribution is 2.29. The third kappa shape index (κ3) is 4.82.